The van der Waals surface area contributed by atoms with E-state index >= 15 is 0 Å². The van der Waals surface area contributed by atoms with E-state index in [9.17, 15) is 14.4 Å². The Morgan fingerprint density at radius 1 is 0.889 bits per heavy atom. The van der Waals surface area contributed by atoms with Crippen LogP contribution in [-0.4, -0.2) is 31.9 Å². The molecule has 0 fully saturated rings. The van der Waals surface area contributed by atoms with Crippen molar-refractivity contribution in [3.63, 3.8) is 0 Å². The molecule has 2 aromatic rings. The van der Waals surface area contributed by atoms with Crippen LogP contribution in [0.25, 0.3) is 0 Å². The van der Waals surface area contributed by atoms with Crippen molar-refractivity contribution < 1.29 is 28.6 Å². The van der Waals surface area contributed by atoms with Crippen LogP contribution >= 0.6 is 0 Å². The maximum atomic E-state index is 12.6. The van der Waals surface area contributed by atoms with Gasteiger partial charge in [0.2, 0.25) is 5.76 Å². The summed E-state index contributed by atoms with van der Waals surface area (Å²) in [6.07, 6.45) is 0. The lowest BCUT2D eigenvalue weighted by molar-refractivity contribution is -0.141. The second-order valence-corrected chi connectivity index (χ2v) is 5.95. The standard InChI is InChI=1S/C21H18O6/c1-12(22)14-10-7-11-15-16(13-8-5-4-6-9-13)17(20(23)25-2)19(21(24)26-3)27-18(14)15/h4-11,16H,1-3H3. The zero-order valence-corrected chi connectivity index (χ0v) is 15.1. The first-order valence-electron chi connectivity index (χ1n) is 8.27. The minimum absolute atomic E-state index is 0.0313. The van der Waals surface area contributed by atoms with Crippen molar-refractivity contribution in [1.82, 2.24) is 0 Å². The Bertz CT molecular complexity index is 942. The third kappa shape index (κ3) is 3.21. The number of hydrogen-bond donors (Lipinski definition) is 0. The molecule has 1 atom stereocenters. The number of ether oxygens (including phenoxy) is 3. The quantitative estimate of drug-likeness (QED) is 0.611. The molecule has 6 heteroatoms. The lowest BCUT2D eigenvalue weighted by atomic mass is 9.81. The second-order valence-electron chi connectivity index (χ2n) is 5.95. The number of rotatable bonds is 4. The fraction of sp³-hybridized carbons (Fsp3) is 0.190. The molecule has 6 nitrogen and oxygen atoms in total. The molecule has 0 radical (unpaired) electrons. The fourth-order valence-corrected chi connectivity index (χ4v) is 3.17. The van der Waals surface area contributed by atoms with Gasteiger partial charge in [-0.05, 0) is 18.6 Å². The average molecular weight is 366 g/mol. The molecule has 27 heavy (non-hydrogen) atoms. The van der Waals surface area contributed by atoms with Gasteiger partial charge in [0.05, 0.1) is 25.4 Å². The molecular formula is C21H18O6. The van der Waals surface area contributed by atoms with E-state index in [1.165, 1.54) is 21.1 Å². The van der Waals surface area contributed by atoms with Gasteiger partial charge < -0.3 is 14.2 Å². The van der Waals surface area contributed by atoms with Crippen molar-refractivity contribution in [3.05, 3.63) is 76.6 Å². The largest absolute Gasteiger partial charge is 0.466 e. The Morgan fingerprint density at radius 3 is 2.15 bits per heavy atom. The molecule has 0 saturated heterocycles. The molecule has 1 aliphatic rings. The topological polar surface area (TPSA) is 78.9 Å². The van der Waals surface area contributed by atoms with E-state index in [1.807, 2.05) is 30.3 Å². The van der Waals surface area contributed by atoms with Crippen molar-refractivity contribution in [1.29, 1.82) is 0 Å². The molecule has 3 rings (SSSR count). The van der Waals surface area contributed by atoms with E-state index in [0.717, 1.165) is 5.56 Å². The fourth-order valence-electron chi connectivity index (χ4n) is 3.17. The van der Waals surface area contributed by atoms with Gasteiger partial charge in [-0.2, -0.15) is 0 Å². The van der Waals surface area contributed by atoms with Crippen molar-refractivity contribution in [2.24, 2.45) is 0 Å². The minimum atomic E-state index is -0.819. The number of para-hydroxylation sites is 1. The Kier molecular flexibility index (Phi) is 5.07. The van der Waals surface area contributed by atoms with Crippen LogP contribution in [0.3, 0.4) is 0 Å². The highest BCUT2D eigenvalue weighted by Crippen LogP contribution is 2.45. The molecule has 138 valence electrons. The smallest absolute Gasteiger partial charge is 0.374 e. The molecular weight excluding hydrogens is 348 g/mol. The number of carbonyl (C=O) groups excluding carboxylic acids is 3. The number of hydrogen-bond acceptors (Lipinski definition) is 6. The molecule has 1 heterocycles. The molecule has 0 aromatic heterocycles. The van der Waals surface area contributed by atoms with Gasteiger partial charge in [-0.3, -0.25) is 4.79 Å². The predicted molar refractivity (Wildman–Crippen MR) is 96.4 cm³/mol. The number of benzene rings is 2. The zero-order chi connectivity index (χ0) is 19.6. The summed E-state index contributed by atoms with van der Waals surface area (Å²) in [6, 6.07) is 14.2. The number of fused-ring (bicyclic) bond motifs is 1. The van der Waals surface area contributed by atoms with E-state index < -0.39 is 17.9 Å². The lowest BCUT2D eigenvalue weighted by Crippen LogP contribution is -2.28. The monoisotopic (exact) mass is 366 g/mol. The number of Topliss-reactive ketones (excluding diaryl/α,β-unsaturated/α-hetero) is 1. The number of carbonyl (C=O) groups is 3. The van der Waals surface area contributed by atoms with Crippen LogP contribution in [0.15, 0.2) is 59.9 Å². The average Bonchev–Trinajstić information content (AvgIpc) is 2.71. The second kappa shape index (κ2) is 7.45. The van der Waals surface area contributed by atoms with Gasteiger partial charge in [-0.15, -0.1) is 0 Å². The first-order valence-corrected chi connectivity index (χ1v) is 8.27. The Morgan fingerprint density at radius 2 is 1.56 bits per heavy atom. The maximum Gasteiger partial charge on any atom is 0.374 e. The Balaban J connectivity index is 2.36. The van der Waals surface area contributed by atoms with Crippen LogP contribution in [0.1, 0.15) is 34.3 Å². The third-order valence-corrected chi connectivity index (χ3v) is 4.38. The Labute approximate surface area is 156 Å². The van der Waals surface area contributed by atoms with Crippen molar-refractivity contribution >= 4 is 17.7 Å². The number of methoxy groups -OCH3 is 2. The van der Waals surface area contributed by atoms with Gasteiger partial charge in [0, 0.05) is 11.5 Å². The first kappa shape index (κ1) is 18.4. The van der Waals surface area contributed by atoms with Gasteiger partial charge in [0.25, 0.3) is 0 Å². The molecule has 0 bridgehead atoms. The normalized spacial score (nSPS) is 15.4. The van der Waals surface area contributed by atoms with Crippen molar-refractivity contribution in [2.75, 3.05) is 14.2 Å². The summed E-state index contributed by atoms with van der Waals surface area (Å²) >= 11 is 0. The maximum absolute atomic E-state index is 12.6. The summed E-state index contributed by atoms with van der Waals surface area (Å²) in [5.41, 5.74) is 1.70. The Hall–Kier alpha value is -3.41. The molecule has 1 unspecified atom stereocenters. The highest BCUT2D eigenvalue weighted by molar-refractivity contribution is 6.04. The van der Waals surface area contributed by atoms with Gasteiger partial charge in [0.15, 0.2) is 5.78 Å². The summed E-state index contributed by atoms with van der Waals surface area (Å²) in [5.74, 6) is -2.42. The van der Waals surface area contributed by atoms with Crippen LogP contribution in [0.5, 0.6) is 5.75 Å². The summed E-state index contributed by atoms with van der Waals surface area (Å²) in [4.78, 5) is 37.0. The van der Waals surface area contributed by atoms with E-state index in [1.54, 1.807) is 18.2 Å². The van der Waals surface area contributed by atoms with E-state index in [-0.39, 0.29) is 22.9 Å². The van der Waals surface area contributed by atoms with Gasteiger partial charge >= 0.3 is 11.9 Å². The van der Waals surface area contributed by atoms with Gasteiger partial charge in [-0.25, -0.2) is 9.59 Å². The third-order valence-electron chi connectivity index (χ3n) is 4.38. The summed E-state index contributed by atoms with van der Waals surface area (Å²) in [6.45, 7) is 1.41. The van der Waals surface area contributed by atoms with Gasteiger partial charge in [-0.1, -0.05) is 42.5 Å². The molecule has 0 saturated carbocycles. The summed E-state index contributed by atoms with van der Waals surface area (Å²) in [5, 5.41) is 0. The van der Waals surface area contributed by atoms with E-state index in [0.29, 0.717) is 11.1 Å². The van der Waals surface area contributed by atoms with Crippen LogP contribution < -0.4 is 4.74 Å². The van der Waals surface area contributed by atoms with E-state index in [2.05, 4.69) is 0 Å². The molecule has 0 amide bonds. The minimum Gasteiger partial charge on any atom is -0.466 e. The predicted octanol–water partition coefficient (Wildman–Crippen LogP) is 3.01. The van der Waals surface area contributed by atoms with Crippen LogP contribution in [0, 0.1) is 0 Å². The lowest BCUT2D eigenvalue weighted by Gasteiger charge is -2.29. The molecule has 0 aliphatic carbocycles. The number of ketones is 1. The number of esters is 2. The summed E-state index contributed by atoms with van der Waals surface area (Å²) in [7, 11) is 2.42. The van der Waals surface area contributed by atoms with Gasteiger partial charge in [0.1, 0.15) is 5.75 Å². The van der Waals surface area contributed by atoms with Crippen LogP contribution in [0.2, 0.25) is 0 Å². The van der Waals surface area contributed by atoms with Crippen LogP contribution in [0.4, 0.5) is 0 Å². The molecule has 2 aromatic carbocycles. The van der Waals surface area contributed by atoms with Crippen LogP contribution in [-0.2, 0) is 19.1 Å². The highest BCUT2D eigenvalue weighted by Gasteiger charge is 2.40. The molecule has 0 N–H and O–H groups in total. The SMILES string of the molecule is COC(=O)C1=C(C(=O)OC)C(c2ccccc2)c2cccc(C(C)=O)c2O1. The van der Waals surface area contributed by atoms with Crippen molar-refractivity contribution in [3.8, 4) is 5.75 Å². The first-order chi connectivity index (χ1) is 13.0. The van der Waals surface area contributed by atoms with E-state index in [4.69, 9.17) is 14.2 Å². The highest BCUT2D eigenvalue weighted by atomic mass is 16.6. The molecule has 1 aliphatic heterocycles. The molecule has 0 spiro atoms. The van der Waals surface area contributed by atoms with Crippen molar-refractivity contribution in [2.45, 2.75) is 12.8 Å². The zero-order valence-electron chi connectivity index (χ0n) is 15.1. The summed E-state index contributed by atoms with van der Waals surface area (Å²) < 4.78 is 15.5.